The molecular formula is C20H29N3O4. The highest BCUT2D eigenvalue weighted by Gasteiger charge is 2.56. The summed E-state index contributed by atoms with van der Waals surface area (Å²) in [6, 6.07) is 0.0275. The lowest BCUT2D eigenvalue weighted by Gasteiger charge is -2.57. The molecule has 3 fully saturated rings. The standard InChI is InChI=1S/C20H29N3O4/c1-22-18(14-4-2-3-5-16(14)21-22)19(24)23-10-13-11-27-9-7-20(13,25)15-12-26-8-6-17(15)23/h13,15,17,25H,2-12H2,1H3/t13-,15+,17-,20-/m0/s1. The Morgan fingerprint density at radius 2 is 2.04 bits per heavy atom. The van der Waals surface area contributed by atoms with Crippen LogP contribution in [-0.2, 0) is 29.4 Å². The molecule has 3 aliphatic heterocycles. The quantitative estimate of drug-likeness (QED) is 0.790. The number of carbonyl (C=O) groups excluding carboxylic acids is 1. The van der Waals surface area contributed by atoms with E-state index in [9.17, 15) is 9.90 Å². The fourth-order valence-corrected chi connectivity index (χ4v) is 5.78. The van der Waals surface area contributed by atoms with E-state index in [0.717, 1.165) is 49.1 Å². The molecule has 1 amide bonds. The van der Waals surface area contributed by atoms with Crippen molar-refractivity contribution in [3.63, 3.8) is 0 Å². The molecule has 0 aromatic carbocycles. The molecule has 3 saturated heterocycles. The lowest BCUT2D eigenvalue weighted by molar-refractivity contribution is -0.212. The van der Waals surface area contributed by atoms with Gasteiger partial charge in [0.05, 0.1) is 24.5 Å². The molecule has 7 nitrogen and oxygen atoms in total. The van der Waals surface area contributed by atoms with Crippen molar-refractivity contribution in [1.82, 2.24) is 14.7 Å². The zero-order valence-electron chi connectivity index (χ0n) is 16.0. The highest BCUT2D eigenvalue weighted by atomic mass is 16.5. The molecule has 148 valence electrons. The van der Waals surface area contributed by atoms with E-state index in [1.165, 1.54) is 0 Å². The number of aromatic nitrogens is 2. The Morgan fingerprint density at radius 1 is 1.22 bits per heavy atom. The molecule has 4 heterocycles. The molecule has 1 aromatic rings. The van der Waals surface area contributed by atoms with Crippen LogP contribution in [0.25, 0.3) is 0 Å². The van der Waals surface area contributed by atoms with Crippen LogP contribution in [0.15, 0.2) is 0 Å². The molecule has 27 heavy (non-hydrogen) atoms. The Morgan fingerprint density at radius 3 is 2.93 bits per heavy atom. The third-order valence-electron chi connectivity index (χ3n) is 7.23. The predicted molar refractivity (Wildman–Crippen MR) is 97.5 cm³/mol. The zero-order valence-corrected chi connectivity index (χ0v) is 16.0. The van der Waals surface area contributed by atoms with Gasteiger partial charge >= 0.3 is 0 Å². The normalized spacial score (nSPS) is 35.9. The van der Waals surface area contributed by atoms with Crippen LogP contribution in [0.2, 0.25) is 0 Å². The summed E-state index contributed by atoms with van der Waals surface area (Å²) < 4.78 is 13.2. The summed E-state index contributed by atoms with van der Waals surface area (Å²) >= 11 is 0. The summed E-state index contributed by atoms with van der Waals surface area (Å²) in [5, 5.41) is 16.1. The lowest BCUT2D eigenvalue weighted by Crippen LogP contribution is -2.68. The van der Waals surface area contributed by atoms with Crippen molar-refractivity contribution in [2.45, 2.75) is 50.2 Å². The second-order valence-electron chi connectivity index (χ2n) is 8.61. The molecule has 7 heteroatoms. The maximum atomic E-state index is 13.7. The molecule has 0 bridgehead atoms. The first-order valence-electron chi connectivity index (χ1n) is 10.3. The van der Waals surface area contributed by atoms with Crippen molar-refractivity contribution in [2.75, 3.05) is 33.0 Å². The number of hydrogen-bond donors (Lipinski definition) is 1. The monoisotopic (exact) mass is 375 g/mol. The highest BCUT2D eigenvalue weighted by Crippen LogP contribution is 2.44. The summed E-state index contributed by atoms with van der Waals surface area (Å²) in [6.07, 6.45) is 5.58. The fourth-order valence-electron chi connectivity index (χ4n) is 5.78. The first-order valence-corrected chi connectivity index (χ1v) is 10.3. The third kappa shape index (κ3) is 2.66. The average molecular weight is 375 g/mol. The van der Waals surface area contributed by atoms with Gasteiger partial charge < -0.3 is 19.5 Å². The van der Waals surface area contributed by atoms with Gasteiger partial charge in [-0.3, -0.25) is 9.48 Å². The van der Waals surface area contributed by atoms with Gasteiger partial charge in [0.1, 0.15) is 5.69 Å². The van der Waals surface area contributed by atoms with E-state index in [0.29, 0.717) is 39.4 Å². The lowest BCUT2D eigenvalue weighted by atomic mass is 9.66. The maximum absolute atomic E-state index is 13.7. The van der Waals surface area contributed by atoms with Gasteiger partial charge in [-0.1, -0.05) is 0 Å². The number of amides is 1. The molecule has 0 spiro atoms. The van der Waals surface area contributed by atoms with Crippen LogP contribution in [0.1, 0.15) is 47.4 Å². The molecular weight excluding hydrogens is 346 g/mol. The molecule has 1 aliphatic carbocycles. The van der Waals surface area contributed by atoms with Crippen LogP contribution in [0, 0.1) is 11.8 Å². The topological polar surface area (TPSA) is 76.8 Å². The number of rotatable bonds is 1. The van der Waals surface area contributed by atoms with Crippen LogP contribution in [0.5, 0.6) is 0 Å². The molecule has 5 rings (SSSR count). The zero-order chi connectivity index (χ0) is 18.6. The molecule has 1 N–H and O–H groups in total. The number of aliphatic hydroxyl groups is 1. The Balaban J connectivity index is 1.51. The molecule has 0 saturated carbocycles. The van der Waals surface area contributed by atoms with Crippen molar-refractivity contribution < 1.29 is 19.4 Å². The van der Waals surface area contributed by atoms with Crippen molar-refractivity contribution in [3.8, 4) is 0 Å². The first kappa shape index (κ1) is 17.6. The van der Waals surface area contributed by atoms with Gasteiger partial charge in [0.2, 0.25) is 0 Å². The minimum atomic E-state index is -0.786. The Labute approximate surface area is 159 Å². The van der Waals surface area contributed by atoms with Gasteiger partial charge in [-0.15, -0.1) is 0 Å². The predicted octanol–water partition coefficient (Wildman–Crippen LogP) is 0.927. The van der Waals surface area contributed by atoms with Gasteiger partial charge in [-0.05, 0) is 32.1 Å². The van der Waals surface area contributed by atoms with Crippen LogP contribution in [0.3, 0.4) is 0 Å². The molecule has 1 aromatic heterocycles. The van der Waals surface area contributed by atoms with Gasteiger partial charge in [-0.2, -0.15) is 5.10 Å². The van der Waals surface area contributed by atoms with Crippen LogP contribution in [-0.4, -0.2) is 70.3 Å². The Hall–Kier alpha value is -1.44. The first-order chi connectivity index (χ1) is 13.1. The highest BCUT2D eigenvalue weighted by molar-refractivity contribution is 5.94. The molecule has 4 aliphatic rings. The number of ether oxygens (including phenoxy) is 2. The van der Waals surface area contributed by atoms with E-state index in [1.807, 2.05) is 11.9 Å². The maximum Gasteiger partial charge on any atom is 0.272 e. The summed E-state index contributed by atoms with van der Waals surface area (Å²) in [5.41, 5.74) is 2.19. The smallest absolute Gasteiger partial charge is 0.272 e. The van der Waals surface area contributed by atoms with E-state index in [2.05, 4.69) is 5.10 Å². The van der Waals surface area contributed by atoms with E-state index >= 15 is 0 Å². The number of fused-ring (bicyclic) bond motifs is 4. The van der Waals surface area contributed by atoms with Gasteiger partial charge in [-0.25, -0.2) is 0 Å². The minimum Gasteiger partial charge on any atom is -0.389 e. The second-order valence-corrected chi connectivity index (χ2v) is 8.61. The van der Waals surface area contributed by atoms with Gasteiger partial charge in [0, 0.05) is 56.7 Å². The largest absolute Gasteiger partial charge is 0.389 e. The molecule has 0 unspecified atom stereocenters. The summed E-state index contributed by atoms with van der Waals surface area (Å²) in [5.74, 6) is -0.0261. The summed E-state index contributed by atoms with van der Waals surface area (Å²) in [4.78, 5) is 15.7. The number of carbonyl (C=O) groups is 1. The van der Waals surface area contributed by atoms with E-state index in [-0.39, 0.29) is 23.8 Å². The average Bonchev–Trinajstić information content (AvgIpc) is 3.02. The van der Waals surface area contributed by atoms with E-state index < -0.39 is 5.60 Å². The van der Waals surface area contributed by atoms with Crippen LogP contribution in [0.4, 0.5) is 0 Å². The van der Waals surface area contributed by atoms with Crippen LogP contribution >= 0.6 is 0 Å². The fraction of sp³-hybridized carbons (Fsp3) is 0.800. The van der Waals surface area contributed by atoms with Crippen molar-refractivity contribution in [2.24, 2.45) is 18.9 Å². The number of likely N-dealkylation sites (tertiary alicyclic amines) is 1. The number of piperidine rings is 1. The van der Waals surface area contributed by atoms with Crippen molar-refractivity contribution in [1.29, 1.82) is 0 Å². The minimum absolute atomic E-state index is 0.0275. The molecule has 0 radical (unpaired) electrons. The Kier molecular flexibility index (Phi) is 4.29. The van der Waals surface area contributed by atoms with Crippen molar-refractivity contribution in [3.05, 3.63) is 17.0 Å². The Bertz CT molecular complexity index is 748. The van der Waals surface area contributed by atoms with E-state index in [1.54, 1.807) is 4.68 Å². The van der Waals surface area contributed by atoms with Crippen LogP contribution < -0.4 is 0 Å². The summed E-state index contributed by atoms with van der Waals surface area (Å²) in [7, 11) is 1.89. The molecule has 4 atom stereocenters. The second kappa shape index (κ2) is 6.57. The van der Waals surface area contributed by atoms with E-state index in [4.69, 9.17) is 9.47 Å². The van der Waals surface area contributed by atoms with Gasteiger partial charge in [0.25, 0.3) is 5.91 Å². The SMILES string of the molecule is Cn1nc2c(c1C(=O)N1C[C@H]3COCC[C@@]3(O)[C@@H]3COCC[C@@H]31)CCCC2. The van der Waals surface area contributed by atoms with Crippen molar-refractivity contribution >= 4 is 5.91 Å². The van der Waals surface area contributed by atoms with Gasteiger partial charge in [0.15, 0.2) is 0 Å². The number of aryl methyl sites for hydroxylation is 2. The number of hydrogen-bond acceptors (Lipinski definition) is 5. The number of nitrogens with zero attached hydrogens (tertiary/aromatic N) is 3. The third-order valence-corrected chi connectivity index (χ3v) is 7.23. The summed E-state index contributed by atoms with van der Waals surface area (Å²) in [6.45, 7) is 2.81.